The molecule has 0 saturated carbocycles. The summed E-state index contributed by atoms with van der Waals surface area (Å²) in [5.41, 5.74) is 6.02. The Morgan fingerprint density at radius 2 is 2.05 bits per heavy atom. The summed E-state index contributed by atoms with van der Waals surface area (Å²) in [5, 5.41) is 2.16. The minimum atomic E-state index is 0.527. The molecule has 110 valence electrons. The molecule has 0 fully saturated rings. The van der Waals surface area contributed by atoms with Gasteiger partial charge >= 0.3 is 0 Å². The maximum atomic E-state index is 6.02. The Bertz CT molecular complexity index is 309. The van der Waals surface area contributed by atoms with Gasteiger partial charge in [0.05, 0.1) is 0 Å². The second kappa shape index (κ2) is 9.51. The molecule has 0 amide bonds. The lowest BCUT2D eigenvalue weighted by Crippen LogP contribution is -2.44. The van der Waals surface area contributed by atoms with E-state index in [4.69, 9.17) is 5.73 Å². The molecule has 2 nitrogen and oxygen atoms in total. The summed E-state index contributed by atoms with van der Waals surface area (Å²) in [7, 11) is 0. The van der Waals surface area contributed by atoms with Gasteiger partial charge in [0.1, 0.15) is 0 Å². The van der Waals surface area contributed by atoms with E-state index in [0.29, 0.717) is 12.1 Å². The Kier molecular flexibility index (Phi) is 8.35. The van der Waals surface area contributed by atoms with Crippen LogP contribution < -0.4 is 5.73 Å². The second-order valence-corrected chi connectivity index (χ2v) is 6.62. The van der Waals surface area contributed by atoms with Crippen molar-refractivity contribution < 1.29 is 0 Å². The van der Waals surface area contributed by atoms with Crippen LogP contribution in [0.25, 0.3) is 0 Å². The van der Waals surface area contributed by atoms with Gasteiger partial charge in [0.2, 0.25) is 0 Å². The van der Waals surface area contributed by atoms with E-state index in [-0.39, 0.29) is 0 Å². The predicted molar refractivity (Wildman–Crippen MR) is 86.6 cm³/mol. The molecule has 19 heavy (non-hydrogen) atoms. The molecule has 0 aliphatic heterocycles. The third-order valence-electron chi connectivity index (χ3n) is 3.71. The van der Waals surface area contributed by atoms with Crippen LogP contribution >= 0.6 is 11.3 Å². The summed E-state index contributed by atoms with van der Waals surface area (Å²) in [4.78, 5) is 4.01. The van der Waals surface area contributed by atoms with Gasteiger partial charge in [0.25, 0.3) is 0 Å². The Morgan fingerprint density at radius 1 is 1.26 bits per heavy atom. The first kappa shape index (κ1) is 16.7. The molecular formula is C16H30N2S. The molecule has 0 aliphatic carbocycles. The standard InChI is InChI=1S/C16H30N2S/c1-4-5-6-7-9-15(12-17)18(14(2)3)13-16-10-8-11-19-16/h8,10-11,14-15H,4-7,9,12-13,17H2,1-3H3. The SMILES string of the molecule is CCCCCCC(CN)N(Cc1cccs1)C(C)C. The highest BCUT2D eigenvalue weighted by atomic mass is 32.1. The zero-order chi connectivity index (χ0) is 14.1. The molecule has 1 unspecified atom stereocenters. The molecule has 2 N–H and O–H groups in total. The summed E-state index contributed by atoms with van der Waals surface area (Å²) in [5.74, 6) is 0. The predicted octanol–water partition coefficient (Wildman–Crippen LogP) is 4.26. The average Bonchev–Trinajstić information content (AvgIpc) is 2.90. The zero-order valence-electron chi connectivity index (χ0n) is 12.8. The maximum Gasteiger partial charge on any atom is 0.0334 e. The van der Waals surface area contributed by atoms with Gasteiger partial charge in [-0.25, -0.2) is 0 Å². The molecule has 0 aliphatic rings. The molecule has 0 saturated heterocycles. The first-order valence-corrected chi connectivity index (χ1v) is 8.55. The highest BCUT2D eigenvalue weighted by molar-refractivity contribution is 7.09. The first-order chi connectivity index (χ1) is 9.19. The molecule has 1 aromatic rings. The highest BCUT2D eigenvalue weighted by Crippen LogP contribution is 2.19. The van der Waals surface area contributed by atoms with E-state index in [9.17, 15) is 0 Å². The van der Waals surface area contributed by atoms with E-state index in [1.807, 2.05) is 11.3 Å². The van der Waals surface area contributed by atoms with E-state index in [0.717, 1.165) is 13.1 Å². The molecule has 0 bridgehead atoms. The van der Waals surface area contributed by atoms with Crippen LogP contribution in [0.2, 0.25) is 0 Å². The van der Waals surface area contributed by atoms with Crippen molar-refractivity contribution in [1.29, 1.82) is 0 Å². The molecular weight excluding hydrogens is 252 g/mol. The van der Waals surface area contributed by atoms with Gasteiger partial charge < -0.3 is 5.73 Å². The number of nitrogens with zero attached hydrogens (tertiary/aromatic N) is 1. The van der Waals surface area contributed by atoms with Crippen molar-refractivity contribution in [2.24, 2.45) is 5.73 Å². The van der Waals surface area contributed by atoms with Crippen LogP contribution in [-0.4, -0.2) is 23.5 Å². The fourth-order valence-corrected chi connectivity index (χ4v) is 3.25. The third kappa shape index (κ3) is 6.07. The minimum absolute atomic E-state index is 0.527. The smallest absolute Gasteiger partial charge is 0.0334 e. The van der Waals surface area contributed by atoms with E-state index >= 15 is 0 Å². The number of hydrogen-bond acceptors (Lipinski definition) is 3. The normalized spacial score (nSPS) is 13.4. The van der Waals surface area contributed by atoms with Crippen LogP contribution in [0, 0.1) is 0 Å². The van der Waals surface area contributed by atoms with Crippen molar-refractivity contribution >= 4 is 11.3 Å². The maximum absolute atomic E-state index is 6.02. The summed E-state index contributed by atoms with van der Waals surface area (Å²) < 4.78 is 0. The summed E-state index contributed by atoms with van der Waals surface area (Å²) in [6.45, 7) is 8.64. The molecule has 0 radical (unpaired) electrons. The third-order valence-corrected chi connectivity index (χ3v) is 4.57. The lowest BCUT2D eigenvalue weighted by molar-refractivity contribution is 0.139. The van der Waals surface area contributed by atoms with Gasteiger partial charge in [-0.1, -0.05) is 38.7 Å². The minimum Gasteiger partial charge on any atom is -0.329 e. The fraction of sp³-hybridized carbons (Fsp3) is 0.750. The van der Waals surface area contributed by atoms with Crippen molar-refractivity contribution in [2.45, 2.75) is 71.5 Å². The summed E-state index contributed by atoms with van der Waals surface area (Å²) >= 11 is 1.85. The van der Waals surface area contributed by atoms with E-state index < -0.39 is 0 Å². The molecule has 1 rings (SSSR count). The van der Waals surface area contributed by atoms with E-state index in [1.165, 1.54) is 37.0 Å². The topological polar surface area (TPSA) is 29.3 Å². The highest BCUT2D eigenvalue weighted by Gasteiger charge is 2.20. The molecule has 3 heteroatoms. The number of rotatable bonds is 10. The molecule has 1 atom stereocenters. The second-order valence-electron chi connectivity index (χ2n) is 5.58. The van der Waals surface area contributed by atoms with Crippen LogP contribution in [0.4, 0.5) is 0 Å². The molecule has 1 heterocycles. The van der Waals surface area contributed by atoms with E-state index in [1.54, 1.807) is 0 Å². The van der Waals surface area contributed by atoms with Crippen LogP contribution in [0.3, 0.4) is 0 Å². The van der Waals surface area contributed by atoms with Gasteiger partial charge in [-0.15, -0.1) is 11.3 Å². The van der Waals surface area contributed by atoms with Crippen molar-refractivity contribution in [2.75, 3.05) is 6.54 Å². The van der Waals surface area contributed by atoms with Gasteiger partial charge in [0.15, 0.2) is 0 Å². The lowest BCUT2D eigenvalue weighted by atomic mass is 10.0. The monoisotopic (exact) mass is 282 g/mol. The largest absolute Gasteiger partial charge is 0.329 e. The number of hydrogen-bond donors (Lipinski definition) is 1. The molecule has 0 aromatic carbocycles. The quantitative estimate of drug-likeness (QED) is 0.650. The van der Waals surface area contributed by atoms with Gasteiger partial charge in [-0.2, -0.15) is 0 Å². The van der Waals surface area contributed by atoms with Crippen molar-refractivity contribution in [3.8, 4) is 0 Å². The van der Waals surface area contributed by atoms with Crippen LogP contribution in [0.5, 0.6) is 0 Å². The van der Waals surface area contributed by atoms with Crippen molar-refractivity contribution in [3.05, 3.63) is 22.4 Å². The first-order valence-electron chi connectivity index (χ1n) is 7.67. The van der Waals surface area contributed by atoms with Gasteiger partial charge in [0, 0.05) is 30.1 Å². The van der Waals surface area contributed by atoms with Gasteiger partial charge in [-0.3, -0.25) is 4.90 Å². The van der Waals surface area contributed by atoms with Crippen LogP contribution in [0.1, 0.15) is 57.8 Å². The fourth-order valence-electron chi connectivity index (χ4n) is 2.54. The number of nitrogens with two attached hydrogens (primary N) is 1. The Labute approximate surface area is 123 Å². The number of unbranched alkanes of at least 4 members (excludes halogenated alkanes) is 3. The summed E-state index contributed by atoms with van der Waals surface area (Å²) in [6.07, 6.45) is 6.54. The van der Waals surface area contributed by atoms with Gasteiger partial charge in [-0.05, 0) is 31.7 Å². The summed E-state index contributed by atoms with van der Waals surface area (Å²) in [6, 6.07) is 5.45. The zero-order valence-corrected chi connectivity index (χ0v) is 13.6. The van der Waals surface area contributed by atoms with Crippen molar-refractivity contribution in [1.82, 2.24) is 4.90 Å². The number of thiophene rings is 1. The molecule has 1 aromatic heterocycles. The van der Waals surface area contributed by atoms with Crippen molar-refractivity contribution in [3.63, 3.8) is 0 Å². The molecule has 0 spiro atoms. The van der Waals surface area contributed by atoms with Crippen LogP contribution in [-0.2, 0) is 6.54 Å². The average molecular weight is 282 g/mol. The lowest BCUT2D eigenvalue weighted by Gasteiger charge is -2.34. The van der Waals surface area contributed by atoms with Crippen LogP contribution in [0.15, 0.2) is 17.5 Å². The Morgan fingerprint density at radius 3 is 2.58 bits per heavy atom. The van der Waals surface area contributed by atoms with E-state index in [2.05, 4.69) is 43.2 Å². The Balaban J connectivity index is 2.51. The Hall–Kier alpha value is -0.380.